The molecule has 1 atom stereocenters. The number of hydrogen-bond donors (Lipinski definition) is 1. The molecule has 2 heterocycles. The van der Waals surface area contributed by atoms with Crippen LogP contribution in [0.3, 0.4) is 0 Å². The highest BCUT2D eigenvalue weighted by Gasteiger charge is 2.30. The smallest absolute Gasteiger partial charge is 0.228 e. The Hall–Kier alpha value is -1.93. The molecule has 0 aliphatic carbocycles. The lowest BCUT2D eigenvalue weighted by atomic mass is 9.98. The summed E-state index contributed by atoms with van der Waals surface area (Å²) >= 11 is 0. The number of sulfonamides is 1. The third kappa shape index (κ3) is 4.19. The van der Waals surface area contributed by atoms with Gasteiger partial charge in [0, 0.05) is 37.4 Å². The average molecular weight is 365 g/mol. The molecule has 25 heavy (non-hydrogen) atoms. The number of carbonyl (C=O) groups is 2. The maximum atomic E-state index is 12.4. The van der Waals surface area contributed by atoms with Crippen LogP contribution in [0.25, 0.3) is 0 Å². The summed E-state index contributed by atoms with van der Waals surface area (Å²) in [6.07, 6.45) is 3.98. The molecular formula is C17H23N3O4S. The van der Waals surface area contributed by atoms with Gasteiger partial charge in [-0.15, -0.1) is 0 Å². The molecule has 0 saturated carbocycles. The van der Waals surface area contributed by atoms with Crippen LogP contribution in [0.2, 0.25) is 0 Å². The Morgan fingerprint density at radius 2 is 1.88 bits per heavy atom. The van der Waals surface area contributed by atoms with E-state index < -0.39 is 10.0 Å². The number of nitrogens with zero attached hydrogens (tertiary/aromatic N) is 2. The van der Waals surface area contributed by atoms with Gasteiger partial charge in [-0.2, -0.15) is 0 Å². The van der Waals surface area contributed by atoms with E-state index in [0.29, 0.717) is 31.5 Å². The molecule has 2 amide bonds. The van der Waals surface area contributed by atoms with E-state index in [-0.39, 0.29) is 24.3 Å². The number of anilines is 2. The molecule has 0 spiro atoms. The molecule has 2 saturated heterocycles. The first-order valence-electron chi connectivity index (χ1n) is 8.51. The second kappa shape index (κ2) is 7.13. The van der Waals surface area contributed by atoms with Crippen molar-refractivity contribution in [1.82, 2.24) is 4.31 Å². The van der Waals surface area contributed by atoms with Crippen molar-refractivity contribution < 1.29 is 18.0 Å². The second-order valence-corrected chi connectivity index (χ2v) is 8.63. The lowest BCUT2D eigenvalue weighted by Gasteiger charge is -2.30. The zero-order chi connectivity index (χ0) is 18.0. The fourth-order valence-electron chi connectivity index (χ4n) is 3.35. The summed E-state index contributed by atoms with van der Waals surface area (Å²) in [5.41, 5.74) is 1.48. The lowest BCUT2D eigenvalue weighted by Crippen LogP contribution is -2.43. The van der Waals surface area contributed by atoms with Gasteiger partial charge in [0.2, 0.25) is 21.8 Å². The summed E-state index contributed by atoms with van der Waals surface area (Å²) in [7, 11) is -3.27. The molecule has 1 aromatic rings. The molecule has 1 aromatic carbocycles. The van der Waals surface area contributed by atoms with Gasteiger partial charge in [-0.25, -0.2) is 12.7 Å². The molecule has 2 aliphatic heterocycles. The van der Waals surface area contributed by atoms with Crippen LogP contribution in [0.1, 0.15) is 25.7 Å². The molecule has 2 fully saturated rings. The van der Waals surface area contributed by atoms with Crippen LogP contribution in [-0.2, 0) is 19.6 Å². The number of amides is 2. The number of hydrogen-bond acceptors (Lipinski definition) is 4. The van der Waals surface area contributed by atoms with Crippen molar-refractivity contribution in [2.24, 2.45) is 5.92 Å². The Balaban J connectivity index is 1.62. The first-order chi connectivity index (χ1) is 11.8. The van der Waals surface area contributed by atoms with E-state index in [0.717, 1.165) is 18.7 Å². The zero-order valence-electron chi connectivity index (χ0n) is 14.3. The molecular weight excluding hydrogens is 342 g/mol. The van der Waals surface area contributed by atoms with Crippen molar-refractivity contribution in [2.75, 3.05) is 36.1 Å². The van der Waals surface area contributed by atoms with Gasteiger partial charge < -0.3 is 10.2 Å². The number of carbonyl (C=O) groups excluding carboxylic acids is 2. The molecule has 7 nitrogen and oxygen atoms in total. The minimum atomic E-state index is -3.27. The monoisotopic (exact) mass is 365 g/mol. The highest BCUT2D eigenvalue weighted by Crippen LogP contribution is 2.24. The van der Waals surface area contributed by atoms with Crippen molar-refractivity contribution in [3.8, 4) is 0 Å². The largest absolute Gasteiger partial charge is 0.326 e. The zero-order valence-corrected chi connectivity index (χ0v) is 15.1. The SMILES string of the molecule is CS(=O)(=O)N1CCCC(C(=O)Nc2ccc(N3CCCC3=O)cc2)C1. The first-order valence-corrected chi connectivity index (χ1v) is 10.4. The van der Waals surface area contributed by atoms with Gasteiger partial charge in [0.25, 0.3) is 0 Å². The maximum absolute atomic E-state index is 12.4. The molecule has 2 aliphatic rings. The van der Waals surface area contributed by atoms with Gasteiger partial charge in [0.1, 0.15) is 0 Å². The third-order valence-electron chi connectivity index (χ3n) is 4.74. The maximum Gasteiger partial charge on any atom is 0.228 e. The van der Waals surface area contributed by atoms with Gasteiger partial charge in [-0.3, -0.25) is 9.59 Å². The predicted molar refractivity (Wildman–Crippen MR) is 95.8 cm³/mol. The van der Waals surface area contributed by atoms with Gasteiger partial charge >= 0.3 is 0 Å². The summed E-state index contributed by atoms with van der Waals surface area (Å²) in [6.45, 7) is 1.43. The molecule has 0 bridgehead atoms. The Morgan fingerprint density at radius 3 is 2.48 bits per heavy atom. The molecule has 8 heteroatoms. The highest BCUT2D eigenvalue weighted by molar-refractivity contribution is 7.88. The first kappa shape index (κ1) is 17.9. The van der Waals surface area contributed by atoms with Crippen molar-refractivity contribution >= 4 is 33.2 Å². The molecule has 1 unspecified atom stereocenters. The quantitative estimate of drug-likeness (QED) is 0.874. The van der Waals surface area contributed by atoms with Crippen LogP contribution < -0.4 is 10.2 Å². The molecule has 1 N–H and O–H groups in total. The van der Waals surface area contributed by atoms with Gasteiger partial charge in [0.05, 0.1) is 12.2 Å². The van der Waals surface area contributed by atoms with Crippen LogP contribution in [-0.4, -0.2) is 50.4 Å². The minimum Gasteiger partial charge on any atom is -0.326 e. The van der Waals surface area contributed by atoms with E-state index in [1.54, 1.807) is 17.0 Å². The Morgan fingerprint density at radius 1 is 1.16 bits per heavy atom. The summed E-state index contributed by atoms with van der Waals surface area (Å²) in [5, 5.41) is 2.85. The van der Waals surface area contributed by atoms with Crippen LogP contribution in [0, 0.1) is 5.92 Å². The normalized spacial score (nSPS) is 22.2. The van der Waals surface area contributed by atoms with Crippen LogP contribution in [0.5, 0.6) is 0 Å². The topological polar surface area (TPSA) is 86.8 Å². The molecule has 136 valence electrons. The van der Waals surface area contributed by atoms with Gasteiger partial charge in [0.15, 0.2) is 0 Å². The van der Waals surface area contributed by atoms with Gasteiger partial charge in [-0.05, 0) is 43.5 Å². The van der Waals surface area contributed by atoms with E-state index in [1.807, 2.05) is 12.1 Å². The van der Waals surface area contributed by atoms with Crippen molar-refractivity contribution in [2.45, 2.75) is 25.7 Å². The highest BCUT2D eigenvalue weighted by atomic mass is 32.2. The predicted octanol–water partition coefficient (Wildman–Crippen LogP) is 1.42. The fraction of sp³-hybridized carbons (Fsp3) is 0.529. The molecule has 0 radical (unpaired) electrons. The average Bonchev–Trinajstić information content (AvgIpc) is 3.01. The minimum absolute atomic E-state index is 0.125. The number of nitrogens with one attached hydrogen (secondary N) is 1. The van der Waals surface area contributed by atoms with Crippen molar-refractivity contribution in [1.29, 1.82) is 0 Å². The van der Waals surface area contributed by atoms with Crippen molar-refractivity contribution in [3.63, 3.8) is 0 Å². The standard InChI is InChI=1S/C17H23N3O4S/c1-25(23,24)19-10-2-4-13(12-19)17(22)18-14-6-8-15(9-7-14)20-11-3-5-16(20)21/h6-9,13H,2-5,10-12H2,1H3,(H,18,22). The van der Waals surface area contributed by atoms with Crippen LogP contribution in [0.15, 0.2) is 24.3 Å². The summed E-state index contributed by atoms with van der Waals surface area (Å²) in [5.74, 6) is -0.387. The van der Waals surface area contributed by atoms with Crippen LogP contribution in [0.4, 0.5) is 11.4 Å². The fourth-order valence-corrected chi connectivity index (χ4v) is 4.26. The van der Waals surface area contributed by atoms with Crippen LogP contribution >= 0.6 is 0 Å². The number of benzene rings is 1. The van der Waals surface area contributed by atoms with E-state index in [4.69, 9.17) is 0 Å². The van der Waals surface area contributed by atoms with E-state index in [2.05, 4.69) is 5.32 Å². The third-order valence-corrected chi connectivity index (χ3v) is 6.01. The summed E-state index contributed by atoms with van der Waals surface area (Å²) < 4.78 is 24.7. The Labute approximate surface area is 148 Å². The van der Waals surface area contributed by atoms with E-state index in [9.17, 15) is 18.0 Å². The van der Waals surface area contributed by atoms with E-state index >= 15 is 0 Å². The summed E-state index contributed by atoms with van der Waals surface area (Å²) in [4.78, 5) is 25.9. The van der Waals surface area contributed by atoms with E-state index in [1.165, 1.54) is 10.6 Å². The number of piperidine rings is 1. The second-order valence-electron chi connectivity index (χ2n) is 6.65. The molecule has 3 rings (SSSR count). The summed E-state index contributed by atoms with van der Waals surface area (Å²) in [6, 6.07) is 7.19. The lowest BCUT2D eigenvalue weighted by molar-refractivity contribution is -0.121. The van der Waals surface area contributed by atoms with Gasteiger partial charge in [-0.1, -0.05) is 0 Å². The number of rotatable bonds is 4. The van der Waals surface area contributed by atoms with Crippen molar-refractivity contribution in [3.05, 3.63) is 24.3 Å². The Kier molecular flexibility index (Phi) is 5.10. The Bertz CT molecular complexity index is 761. The molecule has 0 aromatic heterocycles.